The van der Waals surface area contributed by atoms with Gasteiger partial charge in [-0.05, 0) is 39.5 Å². The number of aromatic nitrogens is 2. The van der Waals surface area contributed by atoms with Crippen LogP contribution in [0, 0.1) is 11.3 Å². The van der Waals surface area contributed by atoms with E-state index in [2.05, 4.69) is 44.6 Å². The molecule has 2 aromatic heterocycles. The van der Waals surface area contributed by atoms with Crippen LogP contribution in [0.1, 0.15) is 37.8 Å². The summed E-state index contributed by atoms with van der Waals surface area (Å²) >= 11 is 0. The molecule has 2 aliphatic rings. The number of nitriles is 1. The number of allylic oxidation sites excluding steroid dienone is 1. The summed E-state index contributed by atoms with van der Waals surface area (Å²) in [5.74, 6) is 1.04. The van der Waals surface area contributed by atoms with Gasteiger partial charge in [0.15, 0.2) is 5.84 Å². The van der Waals surface area contributed by atoms with Gasteiger partial charge in [-0.1, -0.05) is 0 Å². The molecule has 0 aliphatic carbocycles. The second kappa shape index (κ2) is 11.0. The fraction of sp³-hybridized carbons (Fsp3) is 0.520. The molecule has 0 unspecified atom stereocenters. The van der Waals surface area contributed by atoms with E-state index in [9.17, 15) is 5.26 Å². The van der Waals surface area contributed by atoms with Gasteiger partial charge in [-0.3, -0.25) is 4.90 Å². The smallest absolute Gasteiger partial charge is 0.160 e. The number of aliphatic imine (C=N–C) groups is 2. The SMILES string of the molecule is C=N/C(=N\C=C(/C)N1CCC(C)(N)CC1)c1cc(OCCN2CCOCC2)cn2ncc(C#N)c12. The first kappa shape index (κ1) is 24.9. The molecule has 2 saturated heterocycles. The van der Waals surface area contributed by atoms with Gasteiger partial charge in [-0.2, -0.15) is 10.4 Å². The third-order valence-corrected chi connectivity index (χ3v) is 6.66. The Labute approximate surface area is 206 Å². The summed E-state index contributed by atoms with van der Waals surface area (Å²) in [6.07, 6.45) is 6.97. The summed E-state index contributed by atoms with van der Waals surface area (Å²) in [6, 6.07) is 4.06. The van der Waals surface area contributed by atoms with E-state index in [1.807, 2.05) is 13.0 Å². The van der Waals surface area contributed by atoms with Crippen molar-refractivity contribution in [2.45, 2.75) is 32.2 Å². The Morgan fingerprint density at radius 3 is 2.77 bits per heavy atom. The van der Waals surface area contributed by atoms with Crippen molar-refractivity contribution in [3.63, 3.8) is 0 Å². The van der Waals surface area contributed by atoms with E-state index in [1.165, 1.54) is 6.20 Å². The lowest BCUT2D eigenvalue weighted by molar-refractivity contribution is 0.0322. The summed E-state index contributed by atoms with van der Waals surface area (Å²) < 4.78 is 13.1. The summed E-state index contributed by atoms with van der Waals surface area (Å²) in [5, 5.41) is 14.0. The van der Waals surface area contributed by atoms with E-state index in [4.69, 9.17) is 15.2 Å². The zero-order chi connectivity index (χ0) is 24.8. The number of morpholine rings is 1. The predicted molar refractivity (Wildman–Crippen MR) is 136 cm³/mol. The molecule has 0 amide bonds. The lowest BCUT2D eigenvalue weighted by atomic mass is 9.91. The fourth-order valence-corrected chi connectivity index (χ4v) is 4.35. The second-order valence-electron chi connectivity index (χ2n) is 9.38. The van der Waals surface area contributed by atoms with Crippen molar-refractivity contribution in [3.8, 4) is 11.8 Å². The number of pyridine rings is 1. The largest absolute Gasteiger partial charge is 0.491 e. The molecule has 2 aliphatic heterocycles. The van der Waals surface area contributed by atoms with E-state index in [0.717, 1.165) is 64.5 Å². The van der Waals surface area contributed by atoms with Crippen LogP contribution in [0.4, 0.5) is 0 Å². The standard InChI is InChI=1S/C25H34N8O2/c1-19(32-6-4-25(2,27)5-7-32)16-29-24(28-3)22-14-21(18-33-23(22)20(15-26)17-30-33)35-13-10-31-8-11-34-12-9-31/h14,16-18H,3-13,27H2,1-2H3/b19-16+,29-24-. The van der Waals surface area contributed by atoms with Crippen molar-refractivity contribution < 1.29 is 9.47 Å². The number of hydrogen-bond acceptors (Lipinski definition) is 8. The van der Waals surface area contributed by atoms with Crippen LogP contribution in [0.5, 0.6) is 5.75 Å². The Morgan fingerprint density at radius 1 is 1.34 bits per heavy atom. The fourth-order valence-electron chi connectivity index (χ4n) is 4.35. The van der Waals surface area contributed by atoms with Crippen molar-refractivity contribution in [1.82, 2.24) is 19.4 Å². The van der Waals surface area contributed by atoms with Gasteiger partial charge in [0.25, 0.3) is 0 Å². The van der Waals surface area contributed by atoms with Crippen molar-refractivity contribution >= 4 is 18.1 Å². The first-order chi connectivity index (χ1) is 16.9. The van der Waals surface area contributed by atoms with Crippen molar-refractivity contribution in [2.75, 3.05) is 52.5 Å². The second-order valence-corrected chi connectivity index (χ2v) is 9.38. The molecular formula is C25H34N8O2. The molecule has 10 nitrogen and oxygen atoms in total. The molecular weight excluding hydrogens is 444 g/mol. The highest BCUT2D eigenvalue weighted by Crippen LogP contribution is 2.24. The number of likely N-dealkylation sites (tertiary alicyclic amines) is 1. The molecule has 35 heavy (non-hydrogen) atoms. The lowest BCUT2D eigenvalue weighted by Gasteiger charge is -2.38. The van der Waals surface area contributed by atoms with E-state index in [1.54, 1.807) is 16.9 Å². The Kier molecular flexibility index (Phi) is 7.80. The maximum atomic E-state index is 9.62. The monoisotopic (exact) mass is 478 g/mol. The maximum absolute atomic E-state index is 9.62. The first-order valence-electron chi connectivity index (χ1n) is 12.0. The summed E-state index contributed by atoms with van der Waals surface area (Å²) in [4.78, 5) is 13.4. The number of hydrogen-bond donors (Lipinski definition) is 1. The minimum atomic E-state index is -0.114. The van der Waals surface area contributed by atoms with E-state index < -0.39 is 0 Å². The number of piperidine rings is 1. The van der Waals surface area contributed by atoms with Crippen molar-refractivity contribution in [1.29, 1.82) is 5.26 Å². The van der Waals surface area contributed by atoms with Crippen LogP contribution in [-0.4, -0.2) is 90.1 Å². The van der Waals surface area contributed by atoms with Crippen LogP contribution in [0.3, 0.4) is 0 Å². The summed E-state index contributed by atoms with van der Waals surface area (Å²) in [7, 11) is 0. The van der Waals surface area contributed by atoms with Gasteiger partial charge in [-0.15, -0.1) is 0 Å². The quantitative estimate of drug-likeness (QED) is 0.478. The molecule has 4 heterocycles. The van der Waals surface area contributed by atoms with Crippen LogP contribution in [0.2, 0.25) is 0 Å². The molecule has 4 rings (SSSR count). The Balaban J connectivity index is 1.57. The molecule has 0 spiro atoms. The summed E-state index contributed by atoms with van der Waals surface area (Å²) in [6.45, 7) is 14.3. The molecule has 0 aromatic carbocycles. The average molecular weight is 479 g/mol. The third-order valence-electron chi connectivity index (χ3n) is 6.66. The average Bonchev–Trinajstić information content (AvgIpc) is 3.28. The van der Waals surface area contributed by atoms with E-state index in [-0.39, 0.29) is 5.54 Å². The van der Waals surface area contributed by atoms with Gasteiger partial charge in [0.1, 0.15) is 18.4 Å². The molecule has 0 bridgehead atoms. The molecule has 0 radical (unpaired) electrons. The Morgan fingerprint density at radius 2 is 2.09 bits per heavy atom. The molecule has 2 fully saturated rings. The number of fused-ring (bicyclic) bond motifs is 1. The van der Waals surface area contributed by atoms with Gasteiger partial charge in [0.05, 0.1) is 42.3 Å². The topological polar surface area (TPSA) is 117 Å². The third kappa shape index (κ3) is 6.06. The zero-order valence-electron chi connectivity index (χ0n) is 20.6. The van der Waals surface area contributed by atoms with Gasteiger partial charge in [0, 0.05) is 50.2 Å². The lowest BCUT2D eigenvalue weighted by Crippen LogP contribution is -2.47. The zero-order valence-corrected chi connectivity index (χ0v) is 20.6. The Bertz CT molecular complexity index is 1140. The molecule has 186 valence electrons. The van der Waals surface area contributed by atoms with Gasteiger partial charge >= 0.3 is 0 Å². The number of ether oxygens (including phenoxy) is 2. The van der Waals surface area contributed by atoms with Crippen molar-refractivity contribution in [3.05, 3.63) is 41.5 Å². The van der Waals surface area contributed by atoms with E-state index >= 15 is 0 Å². The molecule has 2 aromatic rings. The maximum Gasteiger partial charge on any atom is 0.160 e. The van der Waals surface area contributed by atoms with Gasteiger partial charge in [-0.25, -0.2) is 14.5 Å². The molecule has 2 N–H and O–H groups in total. The minimum absolute atomic E-state index is 0.114. The Hall–Kier alpha value is -3.26. The summed E-state index contributed by atoms with van der Waals surface area (Å²) in [5.41, 5.74) is 8.90. The van der Waals surface area contributed by atoms with Gasteiger partial charge in [0.2, 0.25) is 0 Å². The van der Waals surface area contributed by atoms with Gasteiger partial charge < -0.3 is 20.1 Å². The number of nitrogens with two attached hydrogens (primary N) is 1. The highest BCUT2D eigenvalue weighted by molar-refractivity contribution is 6.08. The minimum Gasteiger partial charge on any atom is -0.491 e. The molecule has 10 heteroatoms. The number of amidine groups is 1. The van der Waals surface area contributed by atoms with Crippen LogP contribution in [0.25, 0.3) is 5.52 Å². The number of rotatable bonds is 7. The highest BCUT2D eigenvalue weighted by Gasteiger charge is 2.25. The predicted octanol–water partition coefficient (Wildman–Crippen LogP) is 2.04. The molecule has 0 saturated carbocycles. The van der Waals surface area contributed by atoms with Crippen LogP contribution < -0.4 is 10.5 Å². The highest BCUT2D eigenvalue weighted by atomic mass is 16.5. The number of nitrogens with zero attached hydrogens (tertiary/aromatic N) is 7. The molecule has 0 atom stereocenters. The van der Waals surface area contributed by atoms with E-state index in [0.29, 0.717) is 34.8 Å². The van der Waals surface area contributed by atoms with Crippen LogP contribution in [0.15, 0.2) is 40.3 Å². The van der Waals surface area contributed by atoms with Crippen molar-refractivity contribution in [2.24, 2.45) is 15.7 Å². The van der Waals surface area contributed by atoms with Crippen LogP contribution in [-0.2, 0) is 4.74 Å². The van der Waals surface area contributed by atoms with Crippen LogP contribution >= 0.6 is 0 Å². The first-order valence-corrected chi connectivity index (χ1v) is 12.0. The normalized spacial score (nSPS) is 19.5.